The number of benzene rings is 1. The second kappa shape index (κ2) is 10.5. The van der Waals surface area contributed by atoms with Gasteiger partial charge in [-0.3, -0.25) is 14.9 Å². The highest BCUT2D eigenvalue weighted by Crippen LogP contribution is 2.23. The van der Waals surface area contributed by atoms with E-state index in [1.165, 1.54) is 11.7 Å². The molecular weight excluding hydrogens is 468 g/mol. The van der Waals surface area contributed by atoms with Crippen LogP contribution in [0, 0.1) is 11.3 Å². The van der Waals surface area contributed by atoms with Gasteiger partial charge in [0.25, 0.3) is 0 Å². The van der Waals surface area contributed by atoms with Crippen LogP contribution in [-0.2, 0) is 24.4 Å². The summed E-state index contributed by atoms with van der Waals surface area (Å²) in [5.41, 5.74) is 3.47. The van der Waals surface area contributed by atoms with Gasteiger partial charge in [0.1, 0.15) is 18.5 Å². The number of anilines is 1. The summed E-state index contributed by atoms with van der Waals surface area (Å²) in [5.74, 6) is 2.36. The van der Waals surface area contributed by atoms with Gasteiger partial charge < -0.3 is 18.9 Å². The molecule has 1 aromatic carbocycles. The van der Waals surface area contributed by atoms with Crippen LogP contribution in [0.15, 0.2) is 55.0 Å². The first-order valence-corrected chi connectivity index (χ1v) is 12.6. The maximum absolute atomic E-state index is 8.91. The first-order chi connectivity index (χ1) is 18.2. The Balaban J connectivity index is 1.07. The van der Waals surface area contributed by atoms with E-state index >= 15 is 0 Å². The molecule has 0 N–H and O–H groups in total. The molecule has 0 unspecified atom stereocenters. The molecule has 2 saturated heterocycles. The molecule has 0 aliphatic carbocycles. The molecule has 188 valence electrons. The van der Waals surface area contributed by atoms with Crippen molar-refractivity contribution in [2.45, 2.75) is 32.2 Å². The minimum atomic E-state index is 0.268. The van der Waals surface area contributed by atoms with Crippen LogP contribution < -0.4 is 9.64 Å². The number of hydrogen-bond acceptors (Lipinski definition) is 9. The SMILES string of the molecule is N#Cc1ccc(COc2cncc(N3CCN(Cc4nc5ccccc5n4C[C@@H]4CCO4)CC3)n2)nc1. The highest BCUT2D eigenvalue weighted by Gasteiger charge is 2.24. The highest BCUT2D eigenvalue weighted by atomic mass is 16.5. The van der Waals surface area contributed by atoms with Crippen LogP contribution in [0.2, 0.25) is 0 Å². The maximum Gasteiger partial charge on any atom is 0.234 e. The van der Waals surface area contributed by atoms with Gasteiger partial charge in [-0.1, -0.05) is 12.1 Å². The normalized spacial score (nSPS) is 17.9. The third-order valence-electron chi connectivity index (χ3n) is 6.90. The molecule has 0 amide bonds. The highest BCUT2D eigenvalue weighted by molar-refractivity contribution is 5.75. The number of ether oxygens (including phenoxy) is 2. The van der Waals surface area contributed by atoms with Crippen molar-refractivity contribution < 1.29 is 9.47 Å². The average Bonchev–Trinajstić information content (AvgIpc) is 3.27. The number of nitrogens with zero attached hydrogens (tertiary/aromatic N) is 8. The Morgan fingerprint density at radius 3 is 2.65 bits per heavy atom. The quantitative estimate of drug-likeness (QED) is 0.364. The minimum absolute atomic E-state index is 0.268. The molecule has 10 heteroatoms. The Hall–Kier alpha value is -4.07. The van der Waals surface area contributed by atoms with Crippen LogP contribution in [0.3, 0.4) is 0 Å². The predicted molar refractivity (Wildman–Crippen MR) is 137 cm³/mol. The summed E-state index contributed by atoms with van der Waals surface area (Å²) in [6, 6.07) is 13.9. The third-order valence-corrected chi connectivity index (χ3v) is 6.90. The van der Waals surface area contributed by atoms with Gasteiger partial charge in [0.2, 0.25) is 5.88 Å². The van der Waals surface area contributed by atoms with Gasteiger partial charge in [-0.2, -0.15) is 10.2 Å². The molecule has 2 fully saturated rings. The second-order valence-electron chi connectivity index (χ2n) is 9.33. The number of nitriles is 1. The summed E-state index contributed by atoms with van der Waals surface area (Å²) in [7, 11) is 0. The summed E-state index contributed by atoms with van der Waals surface area (Å²) in [5, 5.41) is 8.91. The number of imidazole rings is 1. The van der Waals surface area contributed by atoms with Gasteiger partial charge >= 0.3 is 0 Å². The zero-order chi connectivity index (χ0) is 25.0. The average molecular weight is 497 g/mol. The molecule has 0 saturated carbocycles. The minimum Gasteiger partial charge on any atom is -0.470 e. The fraction of sp³-hybridized carbons (Fsp3) is 0.370. The van der Waals surface area contributed by atoms with Crippen molar-refractivity contribution in [3.63, 3.8) is 0 Å². The van der Waals surface area contributed by atoms with Crippen molar-refractivity contribution in [3.05, 3.63) is 72.1 Å². The molecule has 37 heavy (non-hydrogen) atoms. The zero-order valence-corrected chi connectivity index (χ0v) is 20.5. The second-order valence-corrected chi connectivity index (χ2v) is 9.33. The third kappa shape index (κ3) is 5.23. The molecule has 2 aliphatic rings. The lowest BCUT2D eigenvalue weighted by molar-refractivity contribution is -0.0592. The van der Waals surface area contributed by atoms with E-state index in [4.69, 9.17) is 19.7 Å². The molecule has 0 spiro atoms. The van der Waals surface area contributed by atoms with Crippen LogP contribution >= 0.6 is 0 Å². The Morgan fingerprint density at radius 2 is 1.89 bits per heavy atom. The number of aromatic nitrogens is 5. The number of para-hydroxylation sites is 2. The first-order valence-electron chi connectivity index (χ1n) is 12.6. The standard InChI is InChI=1S/C27H28N8O2/c28-13-20-5-6-21(30-14-20)19-37-27-16-29-15-25(32-27)34-10-8-33(9-11-34)18-26-31-23-3-1-2-4-24(23)35(26)17-22-7-12-36-22/h1-6,14-16,22H,7-12,17-19H2/t22-/m0/s1. The number of piperazine rings is 1. The molecule has 0 radical (unpaired) electrons. The Kier molecular flexibility index (Phi) is 6.62. The van der Waals surface area contributed by atoms with Gasteiger partial charge in [0.05, 0.1) is 53.9 Å². The molecule has 2 aliphatic heterocycles. The van der Waals surface area contributed by atoms with Gasteiger partial charge in [0.15, 0.2) is 5.82 Å². The summed E-state index contributed by atoms with van der Waals surface area (Å²) < 4.78 is 13.9. The van der Waals surface area contributed by atoms with E-state index in [-0.39, 0.29) is 12.7 Å². The van der Waals surface area contributed by atoms with Gasteiger partial charge in [-0.15, -0.1) is 0 Å². The number of rotatable bonds is 8. The molecule has 10 nitrogen and oxygen atoms in total. The monoisotopic (exact) mass is 496 g/mol. The fourth-order valence-electron chi connectivity index (χ4n) is 4.70. The van der Waals surface area contributed by atoms with Crippen molar-refractivity contribution in [1.29, 1.82) is 5.26 Å². The van der Waals surface area contributed by atoms with E-state index in [0.29, 0.717) is 11.4 Å². The van der Waals surface area contributed by atoms with Crippen LogP contribution in [0.25, 0.3) is 11.0 Å². The Labute approximate surface area is 215 Å². The lowest BCUT2D eigenvalue weighted by Gasteiger charge is -2.35. The molecule has 3 aromatic heterocycles. The first kappa shape index (κ1) is 23.3. The topological polar surface area (TPSA) is 105 Å². The summed E-state index contributed by atoms with van der Waals surface area (Å²) in [6.45, 7) is 6.30. The van der Waals surface area contributed by atoms with Gasteiger partial charge in [-0.05, 0) is 30.7 Å². The molecule has 1 atom stereocenters. The smallest absolute Gasteiger partial charge is 0.234 e. The summed E-state index contributed by atoms with van der Waals surface area (Å²) in [4.78, 5) is 22.9. The summed E-state index contributed by atoms with van der Waals surface area (Å²) >= 11 is 0. The Bertz CT molecular complexity index is 1400. The number of fused-ring (bicyclic) bond motifs is 1. The van der Waals surface area contributed by atoms with Crippen LogP contribution in [0.4, 0.5) is 5.82 Å². The lowest BCUT2D eigenvalue weighted by Crippen LogP contribution is -2.46. The van der Waals surface area contributed by atoms with Crippen molar-refractivity contribution in [1.82, 2.24) is 29.4 Å². The van der Waals surface area contributed by atoms with Crippen molar-refractivity contribution in [2.24, 2.45) is 0 Å². The van der Waals surface area contributed by atoms with Crippen LogP contribution in [0.1, 0.15) is 23.5 Å². The van der Waals surface area contributed by atoms with E-state index in [0.717, 1.165) is 75.1 Å². The van der Waals surface area contributed by atoms with Gasteiger partial charge in [-0.25, -0.2) is 4.98 Å². The van der Waals surface area contributed by atoms with Crippen LogP contribution in [-0.4, -0.2) is 68.3 Å². The van der Waals surface area contributed by atoms with Crippen molar-refractivity contribution in [3.8, 4) is 11.9 Å². The summed E-state index contributed by atoms with van der Waals surface area (Å²) in [6.07, 6.45) is 6.32. The number of hydrogen-bond donors (Lipinski definition) is 0. The van der Waals surface area contributed by atoms with E-state index < -0.39 is 0 Å². The molecule has 6 rings (SSSR count). The maximum atomic E-state index is 8.91. The molecular formula is C27H28N8O2. The van der Waals surface area contributed by atoms with Crippen LogP contribution in [0.5, 0.6) is 5.88 Å². The largest absolute Gasteiger partial charge is 0.470 e. The van der Waals surface area contributed by atoms with Crippen molar-refractivity contribution in [2.75, 3.05) is 37.7 Å². The lowest BCUT2D eigenvalue weighted by atomic mass is 10.2. The molecule has 0 bridgehead atoms. The van der Waals surface area contributed by atoms with Crippen molar-refractivity contribution >= 4 is 16.9 Å². The fourth-order valence-corrected chi connectivity index (χ4v) is 4.70. The molecule has 4 aromatic rings. The van der Waals surface area contributed by atoms with E-state index in [1.54, 1.807) is 24.5 Å². The predicted octanol–water partition coefficient (Wildman–Crippen LogP) is 2.78. The van der Waals surface area contributed by atoms with E-state index in [9.17, 15) is 0 Å². The Morgan fingerprint density at radius 1 is 1.03 bits per heavy atom. The zero-order valence-electron chi connectivity index (χ0n) is 20.5. The van der Waals surface area contributed by atoms with E-state index in [1.807, 2.05) is 6.07 Å². The number of pyridine rings is 1. The molecule has 5 heterocycles. The van der Waals surface area contributed by atoms with E-state index in [2.05, 4.69) is 53.6 Å². The van der Waals surface area contributed by atoms with Gasteiger partial charge in [0, 0.05) is 39.0 Å².